The Morgan fingerprint density at radius 2 is 1.63 bits per heavy atom. The molecule has 0 spiro atoms. The van der Waals surface area contributed by atoms with Crippen LogP contribution >= 0.6 is 0 Å². The van der Waals surface area contributed by atoms with Crippen LogP contribution in [0, 0.1) is 13.8 Å². The van der Waals surface area contributed by atoms with Crippen LogP contribution < -0.4 is 14.2 Å². The predicted molar refractivity (Wildman–Crippen MR) is 118 cm³/mol. The highest BCUT2D eigenvalue weighted by Crippen LogP contribution is 2.33. The van der Waals surface area contributed by atoms with E-state index in [1.165, 1.54) is 16.7 Å². The zero-order chi connectivity index (χ0) is 21.7. The zero-order valence-electron chi connectivity index (χ0n) is 18.7. The number of rotatable bonds is 8. The van der Waals surface area contributed by atoms with Crippen molar-refractivity contribution in [1.82, 2.24) is 9.80 Å². The zero-order valence-corrected chi connectivity index (χ0v) is 18.7. The number of amides is 1. The molecule has 3 rings (SSSR count). The van der Waals surface area contributed by atoms with Gasteiger partial charge in [-0.15, -0.1) is 0 Å². The van der Waals surface area contributed by atoms with Crippen molar-refractivity contribution in [3.05, 3.63) is 52.6 Å². The van der Waals surface area contributed by atoms with Gasteiger partial charge in [-0.25, -0.2) is 0 Å². The average Bonchev–Trinajstić information content (AvgIpc) is 2.71. The minimum absolute atomic E-state index is 0.129. The molecule has 0 aliphatic carbocycles. The van der Waals surface area contributed by atoms with Gasteiger partial charge in [-0.2, -0.15) is 0 Å². The Bertz CT molecular complexity index is 877. The predicted octanol–water partition coefficient (Wildman–Crippen LogP) is 3.22. The molecule has 0 N–H and O–H groups in total. The maximum Gasteiger partial charge on any atom is 0.237 e. The van der Waals surface area contributed by atoms with Crippen LogP contribution in [0.1, 0.15) is 22.3 Å². The monoisotopic (exact) mass is 412 g/mol. The average molecular weight is 413 g/mol. The third-order valence-electron chi connectivity index (χ3n) is 5.41. The number of carbonyl (C=O) groups excluding carboxylic acids is 1. The van der Waals surface area contributed by atoms with E-state index in [4.69, 9.17) is 14.2 Å². The number of benzene rings is 2. The molecule has 1 aliphatic heterocycles. The summed E-state index contributed by atoms with van der Waals surface area (Å²) in [6.07, 6.45) is 0.820. The molecule has 30 heavy (non-hydrogen) atoms. The lowest BCUT2D eigenvalue weighted by Gasteiger charge is -2.31. The van der Waals surface area contributed by atoms with Crippen LogP contribution in [-0.2, 0) is 17.8 Å². The topological polar surface area (TPSA) is 51.2 Å². The van der Waals surface area contributed by atoms with Gasteiger partial charge >= 0.3 is 0 Å². The molecule has 0 unspecified atom stereocenters. The number of ether oxygens (including phenoxy) is 3. The van der Waals surface area contributed by atoms with Gasteiger partial charge in [-0.05, 0) is 73.8 Å². The van der Waals surface area contributed by atoms with Crippen LogP contribution in [0.25, 0.3) is 0 Å². The summed E-state index contributed by atoms with van der Waals surface area (Å²) in [5.74, 6) is 2.44. The summed E-state index contributed by atoms with van der Waals surface area (Å²) in [5, 5.41) is 0. The molecule has 1 aliphatic rings. The first kappa shape index (κ1) is 22.0. The number of carbonyl (C=O) groups is 1. The number of fused-ring (bicyclic) bond motifs is 1. The molecule has 0 saturated heterocycles. The second-order valence-electron chi connectivity index (χ2n) is 7.95. The lowest BCUT2D eigenvalue weighted by Crippen LogP contribution is -2.42. The molecule has 6 nitrogen and oxygen atoms in total. The molecule has 0 atom stereocenters. The SMILES string of the molecule is COc1cc2c(cc1OC)CN(C(=O)CN(C)CCOc1cc(C)cc(C)c1)CC2. The van der Waals surface area contributed by atoms with Crippen molar-refractivity contribution < 1.29 is 19.0 Å². The van der Waals surface area contributed by atoms with E-state index in [-0.39, 0.29) is 5.91 Å². The second kappa shape index (κ2) is 9.85. The molecule has 0 aromatic heterocycles. The van der Waals surface area contributed by atoms with E-state index in [1.807, 2.05) is 41.1 Å². The molecule has 2 aromatic carbocycles. The number of hydrogen-bond acceptors (Lipinski definition) is 5. The molecule has 6 heteroatoms. The van der Waals surface area contributed by atoms with E-state index in [9.17, 15) is 4.79 Å². The van der Waals surface area contributed by atoms with Crippen LogP contribution in [0.15, 0.2) is 30.3 Å². The summed E-state index contributed by atoms with van der Waals surface area (Å²) in [5.41, 5.74) is 4.71. The highest BCUT2D eigenvalue weighted by atomic mass is 16.5. The summed E-state index contributed by atoms with van der Waals surface area (Å²) < 4.78 is 16.7. The highest BCUT2D eigenvalue weighted by molar-refractivity contribution is 5.78. The Labute approximate surface area is 179 Å². The van der Waals surface area contributed by atoms with Gasteiger partial charge in [0.05, 0.1) is 20.8 Å². The third kappa shape index (κ3) is 5.45. The fraction of sp³-hybridized carbons (Fsp3) is 0.458. The van der Waals surface area contributed by atoms with Gasteiger partial charge in [-0.1, -0.05) is 6.07 Å². The summed E-state index contributed by atoms with van der Waals surface area (Å²) in [7, 11) is 5.22. The molecule has 0 bridgehead atoms. The summed E-state index contributed by atoms with van der Waals surface area (Å²) in [4.78, 5) is 16.7. The Balaban J connectivity index is 1.51. The smallest absolute Gasteiger partial charge is 0.237 e. The lowest BCUT2D eigenvalue weighted by atomic mass is 9.98. The number of hydrogen-bond donors (Lipinski definition) is 0. The second-order valence-corrected chi connectivity index (χ2v) is 7.95. The summed E-state index contributed by atoms with van der Waals surface area (Å²) in [6, 6.07) is 10.2. The Morgan fingerprint density at radius 3 is 2.27 bits per heavy atom. The van der Waals surface area contributed by atoms with Gasteiger partial charge in [0.1, 0.15) is 12.4 Å². The maximum absolute atomic E-state index is 12.8. The number of aryl methyl sites for hydroxylation is 2. The molecule has 0 fully saturated rings. The van der Waals surface area contributed by atoms with Crippen molar-refractivity contribution >= 4 is 5.91 Å². The maximum atomic E-state index is 12.8. The minimum atomic E-state index is 0.129. The minimum Gasteiger partial charge on any atom is -0.493 e. The highest BCUT2D eigenvalue weighted by Gasteiger charge is 2.23. The van der Waals surface area contributed by atoms with Gasteiger partial charge in [0.25, 0.3) is 0 Å². The van der Waals surface area contributed by atoms with E-state index >= 15 is 0 Å². The van der Waals surface area contributed by atoms with E-state index in [2.05, 4.69) is 19.9 Å². The van der Waals surface area contributed by atoms with Crippen molar-refractivity contribution in [3.8, 4) is 17.2 Å². The first-order valence-corrected chi connectivity index (χ1v) is 10.3. The molecule has 2 aromatic rings. The van der Waals surface area contributed by atoms with Crippen molar-refractivity contribution in [1.29, 1.82) is 0 Å². The summed E-state index contributed by atoms with van der Waals surface area (Å²) >= 11 is 0. The van der Waals surface area contributed by atoms with Gasteiger partial charge in [0.2, 0.25) is 5.91 Å². The first-order valence-electron chi connectivity index (χ1n) is 10.3. The molecule has 1 amide bonds. The van der Waals surface area contributed by atoms with E-state index in [0.717, 1.165) is 23.5 Å². The van der Waals surface area contributed by atoms with Crippen LogP contribution in [0.5, 0.6) is 17.2 Å². The van der Waals surface area contributed by atoms with E-state index < -0.39 is 0 Å². The quantitative estimate of drug-likeness (QED) is 0.666. The molecule has 162 valence electrons. The third-order valence-corrected chi connectivity index (χ3v) is 5.41. The van der Waals surface area contributed by atoms with Crippen molar-refractivity contribution in [2.45, 2.75) is 26.8 Å². The number of nitrogens with zero attached hydrogens (tertiary/aromatic N) is 2. The van der Waals surface area contributed by atoms with Gasteiger partial charge in [0, 0.05) is 19.6 Å². The lowest BCUT2D eigenvalue weighted by molar-refractivity contribution is -0.133. The Morgan fingerprint density at radius 1 is 1.00 bits per heavy atom. The number of likely N-dealkylation sites (N-methyl/N-ethyl adjacent to an activating group) is 1. The summed E-state index contributed by atoms with van der Waals surface area (Å²) in [6.45, 7) is 7.05. The molecular formula is C24H32N2O4. The van der Waals surface area contributed by atoms with Gasteiger partial charge in [-0.3, -0.25) is 9.69 Å². The van der Waals surface area contributed by atoms with E-state index in [1.54, 1.807) is 14.2 Å². The Kier molecular flexibility index (Phi) is 7.21. The largest absolute Gasteiger partial charge is 0.493 e. The molecule has 0 saturated carbocycles. The molecular weight excluding hydrogens is 380 g/mol. The van der Waals surface area contributed by atoms with Crippen LogP contribution in [0.4, 0.5) is 0 Å². The van der Waals surface area contributed by atoms with Gasteiger partial charge in [0.15, 0.2) is 11.5 Å². The van der Waals surface area contributed by atoms with Crippen LogP contribution in [-0.4, -0.2) is 63.2 Å². The Hall–Kier alpha value is -2.73. The fourth-order valence-corrected chi connectivity index (χ4v) is 3.84. The molecule has 0 radical (unpaired) electrons. The fourth-order valence-electron chi connectivity index (χ4n) is 3.84. The van der Waals surface area contributed by atoms with Crippen LogP contribution in [0.2, 0.25) is 0 Å². The van der Waals surface area contributed by atoms with Crippen molar-refractivity contribution in [3.63, 3.8) is 0 Å². The van der Waals surface area contributed by atoms with Crippen LogP contribution in [0.3, 0.4) is 0 Å². The number of methoxy groups -OCH3 is 2. The van der Waals surface area contributed by atoms with Crippen molar-refractivity contribution in [2.75, 3.05) is 47.5 Å². The first-order chi connectivity index (χ1) is 14.4. The molecule has 1 heterocycles. The normalized spacial score (nSPS) is 13.2. The van der Waals surface area contributed by atoms with Crippen molar-refractivity contribution in [2.24, 2.45) is 0 Å². The standard InChI is InChI=1S/C24H32N2O4/c1-17-10-18(2)12-21(11-17)30-9-8-25(3)16-24(27)26-7-6-19-13-22(28-4)23(29-5)14-20(19)15-26/h10-14H,6-9,15-16H2,1-5H3. The van der Waals surface area contributed by atoms with Gasteiger partial charge < -0.3 is 19.1 Å². The van der Waals surface area contributed by atoms with E-state index in [0.29, 0.717) is 38.5 Å².